The van der Waals surface area contributed by atoms with Gasteiger partial charge in [0.25, 0.3) is 0 Å². The molecule has 2 saturated heterocycles. The van der Waals surface area contributed by atoms with E-state index in [9.17, 15) is 4.79 Å². The summed E-state index contributed by atoms with van der Waals surface area (Å²) in [6, 6.07) is 0.206. The topological polar surface area (TPSA) is 26.8 Å². The lowest BCUT2D eigenvalue weighted by Gasteiger charge is -2.35. The van der Waals surface area contributed by atoms with Gasteiger partial charge in [-0.25, -0.2) is 4.79 Å². The molecule has 0 unspecified atom stereocenters. The molecule has 0 atom stereocenters. The van der Waals surface area contributed by atoms with Crippen molar-refractivity contribution in [2.75, 3.05) is 46.3 Å². The first-order valence-electron chi connectivity index (χ1n) is 7.43. The van der Waals surface area contributed by atoms with E-state index in [1.54, 1.807) is 4.90 Å². The monoisotopic (exact) mass is 253 g/mol. The van der Waals surface area contributed by atoms with Crippen LogP contribution in [-0.4, -0.2) is 67.0 Å². The zero-order valence-corrected chi connectivity index (χ0v) is 11.9. The molecule has 0 N–H and O–H groups in total. The Hall–Kier alpha value is -0.770. The Balaban J connectivity index is 1.72. The third-order valence-corrected chi connectivity index (χ3v) is 4.40. The summed E-state index contributed by atoms with van der Waals surface area (Å²) in [6.45, 7) is 8.55. The quantitative estimate of drug-likeness (QED) is 0.767. The van der Waals surface area contributed by atoms with Crippen LogP contribution < -0.4 is 0 Å². The number of piperidine rings is 1. The van der Waals surface area contributed by atoms with Crippen LogP contribution in [0.2, 0.25) is 0 Å². The molecule has 0 spiro atoms. The molecule has 0 aromatic rings. The Bertz CT molecular complexity index is 268. The summed E-state index contributed by atoms with van der Waals surface area (Å²) in [7, 11) is 1.89. The van der Waals surface area contributed by atoms with Gasteiger partial charge < -0.3 is 14.7 Å². The summed E-state index contributed by atoms with van der Waals surface area (Å²) in [5.41, 5.74) is 0. The van der Waals surface area contributed by atoms with Gasteiger partial charge in [0.05, 0.1) is 0 Å². The average Bonchev–Trinajstić information content (AvgIpc) is 2.91. The summed E-state index contributed by atoms with van der Waals surface area (Å²) in [5.74, 6) is 0.805. The van der Waals surface area contributed by atoms with Crippen molar-refractivity contribution >= 4 is 6.03 Å². The van der Waals surface area contributed by atoms with Crippen molar-refractivity contribution in [2.45, 2.75) is 32.6 Å². The maximum absolute atomic E-state index is 12.0. The van der Waals surface area contributed by atoms with E-state index in [0.29, 0.717) is 0 Å². The maximum atomic E-state index is 12.0. The fourth-order valence-electron chi connectivity index (χ4n) is 3.01. The summed E-state index contributed by atoms with van der Waals surface area (Å²) < 4.78 is 0. The first kappa shape index (κ1) is 13.7. The highest BCUT2D eigenvalue weighted by Gasteiger charge is 2.26. The molecule has 104 valence electrons. The first-order chi connectivity index (χ1) is 8.70. The van der Waals surface area contributed by atoms with Crippen molar-refractivity contribution in [1.29, 1.82) is 0 Å². The van der Waals surface area contributed by atoms with Crippen molar-refractivity contribution in [2.24, 2.45) is 5.92 Å². The fraction of sp³-hybridized carbons (Fsp3) is 0.929. The molecule has 4 heteroatoms. The van der Waals surface area contributed by atoms with Crippen molar-refractivity contribution in [1.82, 2.24) is 14.7 Å². The zero-order chi connectivity index (χ0) is 13.0. The number of likely N-dealkylation sites (tertiary alicyclic amines) is 2. The number of hydrogen-bond acceptors (Lipinski definition) is 2. The van der Waals surface area contributed by atoms with Gasteiger partial charge in [-0.3, -0.25) is 0 Å². The van der Waals surface area contributed by atoms with Crippen molar-refractivity contribution in [3.8, 4) is 0 Å². The Morgan fingerprint density at radius 2 is 1.78 bits per heavy atom. The molecule has 2 heterocycles. The molecule has 18 heavy (non-hydrogen) atoms. The number of rotatable bonds is 3. The molecule has 0 aliphatic carbocycles. The standard InChI is InChI=1S/C14H27N3O/c1-3-15(2)14(18)17-10-6-13(7-11-17)12-16-8-4-5-9-16/h13H,3-12H2,1-2H3. The fourth-order valence-corrected chi connectivity index (χ4v) is 3.01. The molecule has 0 bridgehead atoms. The average molecular weight is 253 g/mol. The Morgan fingerprint density at radius 1 is 1.17 bits per heavy atom. The molecule has 2 aliphatic heterocycles. The second-order valence-electron chi connectivity index (χ2n) is 5.73. The number of nitrogens with zero attached hydrogens (tertiary/aromatic N) is 3. The number of carbonyl (C=O) groups excluding carboxylic acids is 1. The number of amides is 2. The van der Waals surface area contributed by atoms with Crippen LogP contribution in [0.5, 0.6) is 0 Å². The number of urea groups is 1. The highest BCUT2D eigenvalue weighted by molar-refractivity contribution is 5.74. The van der Waals surface area contributed by atoms with Gasteiger partial charge in [-0.05, 0) is 51.6 Å². The minimum Gasteiger partial charge on any atom is -0.328 e. The van der Waals surface area contributed by atoms with Gasteiger partial charge in [0.1, 0.15) is 0 Å². The van der Waals surface area contributed by atoms with E-state index in [1.165, 1.54) is 45.3 Å². The van der Waals surface area contributed by atoms with Gasteiger partial charge in [0.15, 0.2) is 0 Å². The van der Waals surface area contributed by atoms with E-state index in [0.717, 1.165) is 25.6 Å². The van der Waals surface area contributed by atoms with Crippen molar-refractivity contribution < 1.29 is 4.79 Å². The smallest absolute Gasteiger partial charge is 0.319 e. The van der Waals surface area contributed by atoms with Crippen LogP contribution in [-0.2, 0) is 0 Å². The van der Waals surface area contributed by atoms with E-state index >= 15 is 0 Å². The van der Waals surface area contributed by atoms with E-state index in [2.05, 4.69) is 4.90 Å². The molecule has 0 aromatic carbocycles. The Labute approximate surface area is 111 Å². The van der Waals surface area contributed by atoms with Gasteiger partial charge in [-0.1, -0.05) is 0 Å². The molecular formula is C14H27N3O. The van der Waals surface area contributed by atoms with Crippen LogP contribution in [0.4, 0.5) is 4.79 Å². The van der Waals surface area contributed by atoms with E-state index in [-0.39, 0.29) is 6.03 Å². The number of hydrogen-bond donors (Lipinski definition) is 0. The first-order valence-corrected chi connectivity index (χ1v) is 7.43. The summed E-state index contributed by atoms with van der Waals surface area (Å²) in [4.78, 5) is 18.4. The summed E-state index contributed by atoms with van der Waals surface area (Å²) in [6.07, 6.45) is 5.11. The zero-order valence-electron chi connectivity index (χ0n) is 11.9. The molecule has 0 saturated carbocycles. The third kappa shape index (κ3) is 3.37. The van der Waals surface area contributed by atoms with Gasteiger partial charge in [-0.15, -0.1) is 0 Å². The molecule has 0 aromatic heterocycles. The predicted molar refractivity (Wildman–Crippen MR) is 73.7 cm³/mol. The summed E-state index contributed by atoms with van der Waals surface area (Å²) in [5, 5.41) is 0. The largest absolute Gasteiger partial charge is 0.328 e. The Kier molecular flexibility index (Phi) is 4.87. The molecule has 2 rings (SSSR count). The van der Waals surface area contributed by atoms with Crippen LogP contribution in [0.15, 0.2) is 0 Å². The molecule has 2 fully saturated rings. The lowest BCUT2D eigenvalue weighted by molar-refractivity contribution is 0.132. The van der Waals surface area contributed by atoms with Crippen LogP contribution in [0.25, 0.3) is 0 Å². The maximum Gasteiger partial charge on any atom is 0.319 e. The third-order valence-electron chi connectivity index (χ3n) is 4.40. The van der Waals surface area contributed by atoms with Crippen LogP contribution in [0.1, 0.15) is 32.6 Å². The lowest BCUT2D eigenvalue weighted by Crippen LogP contribution is -2.46. The van der Waals surface area contributed by atoms with Gasteiger partial charge in [0, 0.05) is 33.2 Å². The second kappa shape index (κ2) is 6.41. The van der Waals surface area contributed by atoms with Crippen LogP contribution in [0, 0.1) is 5.92 Å². The van der Waals surface area contributed by atoms with E-state index < -0.39 is 0 Å². The second-order valence-corrected chi connectivity index (χ2v) is 5.73. The van der Waals surface area contributed by atoms with Gasteiger partial charge in [0.2, 0.25) is 0 Å². The Morgan fingerprint density at radius 3 is 2.33 bits per heavy atom. The minimum absolute atomic E-state index is 0.206. The lowest BCUT2D eigenvalue weighted by atomic mass is 9.96. The molecule has 2 aliphatic rings. The van der Waals surface area contributed by atoms with Crippen LogP contribution in [0.3, 0.4) is 0 Å². The van der Waals surface area contributed by atoms with E-state index in [1.807, 2.05) is 18.9 Å². The minimum atomic E-state index is 0.206. The normalized spacial score (nSPS) is 22.4. The van der Waals surface area contributed by atoms with Crippen molar-refractivity contribution in [3.05, 3.63) is 0 Å². The SMILES string of the molecule is CCN(C)C(=O)N1CCC(CN2CCCC2)CC1. The van der Waals surface area contributed by atoms with Gasteiger partial charge >= 0.3 is 6.03 Å². The van der Waals surface area contributed by atoms with Crippen molar-refractivity contribution in [3.63, 3.8) is 0 Å². The van der Waals surface area contributed by atoms with E-state index in [4.69, 9.17) is 0 Å². The molecule has 2 amide bonds. The predicted octanol–water partition coefficient (Wildman–Crippen LogP) is 1.87. The molecule has 4 nitrogen and oxygen atoms in total. The summed E-state index contributed by atoms with van der Waals surface area (Å²) >= 11 is 0. The van der Waals surface area contributed by atoms with Gasteiger partial charge in [-0.2, -0.15) is 0 Å². The number of carbonyl (C=O) groups is 1. The highest BCUT2D eigenvalue weighted by atomic mass is 16.2. The molecule has 0 radical (unpaired) electrons. The van der Waals surface area contributed by atoms with Crippen LogP contribution >= 0.6 is 0 Å². The highest BCUT2D eigenvalue weighted by Crippen LogP contribution is 2.21. The molecular weight excluding hydrogens is 226 g/mol.